The summed E-state index contributed by atoms with van der Waals surface area (Å²) in [6, 6.07) is 16.8. The highest BCUT2D eigenvalue weighted by Crippen LogP contribution is 2.30. The van der Waals surface area contributed by atoms with Gasteiger partial charge in [0.2, 0.25) is 0 Å². The van der Waals surface area contributed by atoms with E-state index >= 15 is 0 Å². The molecule has 3 N–H and O–H groups in total. The van der Waals surface area contributed by atoms with Crippen LogP contribution in [0.25, 0.3) is 0 Å². The maximum Gasteiger partial charge on any atom is 0.0781 e. The van der Waals surface area contributed by atoms with Gasteiger partial charge in [0.15, 0.2) is 0 Å². The SMILES string of the molecule is CC(O)c1ccccc1NC1CCNCc2ccccc21. The summed E-state index contributed by atoms with van der Waals surface area (Å²) < 4.78 is 0. The predicted molar refractivity (Wildman–Crippen MR) is 86.2 cm³/mol. The Balaban J connectivity index is 1.91. The van der Waals surface area contributed by atoms with Crippen LogP contribution in [0.15, 0.2) is 48.5 Å². The molecule has 2 aromatic rings. The summed E-state index contributed by atoms with van der Waals surface area (Å²) in [7, 11) is 0. The van der Waals surface area contributed by atoms with Crippen molar-refractivity contribution in [1.82, 2.24) is 5.32 Å². The van der Waals surface area contributed by atoms with Crippen molar-refractivity contribution in [2.24, 2.45) is 0 Å². The van der Waals surface area contributed by atoms with Crippen LogP contribution in [0, 0.1) is 0 Å². The molecule has 1 aliphatic heterocycles. The summed E-state index contributed by atoms with van der Waals surface area (Å²) in [5, 5.41) is 17.0. The van der Waals surface area contributed by atoms with Crippen LogP contribution in [0.1, 0.15) is 42.2 Å². The Morgan fingerprint density at radius 1 is 1.14 bits per heavy atom. The van der Waals surface area contributed by atoms with Crippen molar-refractivity contribution >= 4 is 5.69 Å². The van der Waals surface area contributed by atoms with E-state index in [-0.39, 0.29) is 6.04 Å². The summed E-state index contributed by atoms with van der Waals surface area (Å²) in [6.07, 6.45) is 0.568. The third-order valence-electron chi connectivity index (χ3n) is 4.10. The van der Waals surface area contributed by atoms with Crippen molar-refractivity contribution < 1.29 is 5.11 Å². The minimum absolute atomic E-state index is 0.274. The molecule has 0 aromatic heterocycles. The highest BCUT2D eigenvalue weighted by Gasteiger charge is 2.19. The summed E-state index contributed by atoms with van der Waals surface area (Å²) in [4.78, 5) is 0. The molecule has 0 radical (unpaired) electrons. The minimum Gasteiger partial charge on any atom is -0.389 e. The van der Waals surface area contributed by atoms with Gasteiger partial charge in [0.05, 0.1) is 12.1 Å². The predicted octanol–water partition coefficient (Wildman–Crippen LogP) is 3.39. The number of hydrogen-bond donors (Lipinski definition) is 3. The van der Waals surface area contributed by atoms with Crippen LogP contribution in [0.2, 0.25) is 0 Å². The lowest BCUT2D eigenvalue weighted by Crippen LogP contribution is -2.16. The molecule has 0 fully saturated rings. The number of hydrogen-bond acceptors (Lipinski definition) is 3. The van der Waals surface area contributed by atoms with Crippen LogP contribution in [-0.4, -0.2) is 11.7 Å². The molecule has 21 heavy (non-hydrogen) atoms. The quantitative estimate of drug-likeness (QED) is 0.808. The Labute approximate surface area is 126 Å². The van der Waals surface area contributed by atoms with Crippen LogP contribution in [0.5, 0.6) is 0 Å². The molecule has 110 valence electrons. The van der Waals surface area contributed by atoms with Gasteiger partial charge in [-0.05, 0) is 37.1 Å². The normalized spacial score (nSPS) is 19.4. The first-order valence-electron chi connectivity index (χ1n) is 7.58. The molecule has 0 aliphatic carbocycles. The standard InChI is InChI=1S/C18H22N2O/c1-13(21)15-7-4-5-9-17(15)20-18-10-11-19-12-14-6-2-3-8-16(14)18/h2-9,13,18-21H,10-12H2,1H3. The molecule has 1 aliphatic rings. The molecule has 1 heterocycles. The molecular formula is C18H22N2O. The minimum atomic E-state index is -0.465. The summed E-state index contributed by atoms with van der Waals surface area (Å²) in [5.41, 5.74) is 4.67. The molecule has 0 bridgehead atoms. The Bertz CT molecular complexity index is 610. The highest BCUT2D eigenvalue weighted by atomic mass is 16.3. The van der Waals surface area contributed by atoms with Crippen LogP contribution in [-0.2, 0) is 6.54 Å². The van der Waals surface area contributed by atoms with Gasteiger partial charge < -0.3 is 15.7 Å². The van der Waals surface area contributed by atoms with E-state index in [4.69, 9.17) is 0 Å². The fourth-order valence-electron chi connectivity index (χ4n) is 2.99. The van der Waals surface area contributed by atoms with Crippen molar-refractivity contribution in [2.75, 3.05) is 11.9 Å². The van der Waals surface area contributed by atoms with Crippen LogP contribution < -0.4 is 10.6 Å². The average Bonchev–Trinajstić information content (AvgIpc) is 2.70. The van der Waals surface area contributed by atoms with Crippen molar-refractivity contribution in [2.45, 2.75) is 32.0 Å². The Morgan fingerprint density at radius 3 is 2.76 bits per heavy atom. The lowest BCUT2D eigenvalue weighted by Gasteiger charge is -2.23. The van der Waals surface area contributed by atoms with Gasteiger partial charge >= 0.3 is 0 Å². The zero-order valence-corrected chi connectivity index (χ0v) is 12.3. The molecule has 0 amide bonds. The Morgan fingerprint density at radius 2 is 1.90 bits per heavy atom. The molecule has 2 unspecified atom stereocenters. The fraction of sp³-hybridized carbons (Fsp3) is 0.333. The van der Waals surface area contributed by atoms with Gasteiger partial charge in [-0.1, -0.05) is 42.5 Å². The fourth-order valence-corrected chi connectivity index (χ4v) is 2.99. The van der Waals surface area contributed by atoms with E-state index in [1.807, 2.05) is 31.2 Å². The molecular weight excluding hydrogens is 260 g/mol. The maximum atomic E-state index is 9.93. The molecule has 2 aromatic carbocycles. The zero-order chi connectivity index (χ0) is 14.7. The second-order valence-electron chi connectivity index (χ2n) is 5.62. The van der Waals surface area contributed by atoms with Gasteiger partial charge in [-0.2, -0.15) is 0 Å². The number of benzene rings is 2. The summed E-state index contributed by atoms with van der Waals surface area (Å²) in [5.74, 6) is 0. The second-order valence-corrected chi connectivity index (χ2v) is 5.62. The summed E-state index contributed by atoms with van der Waals surface area (Å²) >= 11 is 0. The van der Waals surface area contributed by atoms with Crippen molar-refractivity contribution in [1.29, 1.82) is 0 Å². The Kier molecular flexibility index (Phi) is 4.23. The topological polar surface area (TPSA) is 44.3 Å². The first kappa shape index (κ1) is 14.1. The third-order valence-corrected chi connectivity index (χ3v) is 4.10. The molecule has 0 saturated carbocycles. The zero-order valence-electron chi connectivity index (χ0n) is 12.3. The monoisotopic (exact) mass is 282 g/mol. The summed E-state index contributed by atoms with van der Waals surface area (Å²) in [6.45, 7) is 3.72. The van der Waals surface area contributed by atoms with Gasteiger partial charge in [0.25, 0.3) is 0 Å². The number of aliphatic hydroxyl groups excluding tert-OH is 1. The van der Waals surface area contributed by atoms with E-state index in [1.165, 1.54) is 11.1 Å². The number of anilines is 1. The van der Waals surface area contributed by atoms with Gasteiger partial charge in [-0.15, -0.1) is 0 Å². The van der Waals surface area contributed by atoms with E-state index in [0.29, 0.717) is 0 Å². The second kappa shape index (κ2) is 6.29. The van der Waals surface area contributed by atoms with Crippen molar-refractivity contribution in [3.63, 3.8) is 0 Å². The van der Waals surface area contributed by atoms with E-state index in [2.05, 4.69) is 34.9 Å². The highest BCUT2D eigenvalue weighted by molar-refractivity contribution is 5.54. The van der Waals surface area contributed by atoms with Crippen molar-refractivity contribution in [3.05, 3.63) is 65.2 Å². The van der Waals surface area contributed by atoms with Crippen LogP contribution in [0.3, 0.4) is 0 Å². The average molecular weight is 282 g/mol. The number of aliphatic hydroxyl groups is 1. The van der Waals surface area contributed by atoms with Crippen LogP contribution in [0.4, 0.5) is 5.69 Å². The third kappa shape index (κ3) is 3.09. The molecule has 0 spiro atoms. The molecule has 0 saturated heterocycles. The van der Waals surface area contributed by atoms with Crippen molar-refractivity contribution in [3.8, 4) is 0 Å². The lowest BCUT2D eigenvalue weighted by molar-refractivity contribution is 0.200. The van der Waals surface area contributed by atoms with Gasteiger partial charge in [0, 0.05) is 17.8 Å². The Hall–Kier alpha value is -1.84. The molecule has 3 heteroatoms. The first-order chi connectivity index (χ1) is 10.3. The van der Waals surface area contributed by atoms with Crippen LogP contribution >= 0.6 is 0 Å². The van der Waals surface area contributed by atoms with Gasteiger partial charge in [-0.3, -0.25) is 0 Å². The molecule has 3 rings (SSSR count). The maximum absolute atomic E-state index is 9.93. The lowest BCUT2D eigenvalue weighted by atomic mass is 9.98. The van der Waals surface area contributed by atoms with E-state index in [9.17, 15) is 5.11 Å². The number of nitrogens with one attached hydrogen (secondary N) is 2. The van der Waals surface area contributed by atoms with Gasteiger partial charge in [-0.25, -0.2) is 0 Å². The number of rotatable bonds is 3. The van der Waals surface area contributed by atoms with E-state index < -0.39 is 6.10 Å². The number of fused-ring (bicyclic) bond motifs is 1. The number of para-hydroxylation sites is 1. The molecule has 3 nitrogen and oxygen atoms in total. The van der Waals surface area contributed by atoms with Gasteiger partial charge in [0.1, 0.15) is 0 Å². The van der Waals surface area contributed by atoms with E-state index in [1.54, 1.807) is 0 Å². The van der Waals surface area contributed by atoms with E-state index in [0.717, 1.165) is 30.8 Å². The largest absolute Gasteiger partial charge is 0.389 e. The molecule has 2 atom stereocenters. The smallest absolute Gasteiger partial charge is 0.0781 e. The first-order valence-corrected chi connectivity index (χ1v) is 7.58.